The van der Waals surface area contributed by atoms with Crippen LogP contribution in [0.3, 0.4) is 0 Å². The quantitative estimate of drug-likeness (QED) is 0.731. The van der Waals surface area contributed by atoms with E-state index >= 15 is 0 Å². The molecule has 1 aliphatic carbocycles. The molecule has 0 aromatic rings. The molecule has 0 saturated heterocycles. The van der Waals surface area contributed by atoms with Gasteiger partial charge in [0.1, 0.15) is 5.60 Å². The highest BCUT2D eigenvalue weighted by molar-refractivity contribution is 14.1. The average molecular weight is 337 g/mol. The van der Waals surface area contributed by atoms with E-state index in [4.69, 9.17) is 4.74 Å². The number of amides is 1. The molecule has 1 aliphatic rings. The smallest absolute Gasteiger partial charge is 0.411 e. The Hall–Kier alpha value is -0.260. The third kappa shape index (κ3) is 5.18. The number of rotatable bonds is 1. The topological polar surface area (TPSA) is 38.3 Å². The Kier molecular flexibility index (Phi) is 5.08. The maximum atomic E-state index is 11.6. The minimum atomic E-state index is -0.430. The van der Waals surface area contributed by atoms with Gasteiger partial charge in [-0.15, -0.1) is 0 Å². The van der Waals surface area contributed by atoms with E-state index in [-0.39, 0.29) is 6.09 Å². The second-order valence-electron chi connectivity index (χ2n) is 5.07. The third-order valence-electron chi connectivity index (χ3n) is 2.30. The van der Waals surface area contributed by atoms with E-state index in [1.807, 2.05) is 20.8 Å². The Bertz CT molecular complexity index is 292. The zero-order chi connectivity index (χ0) is 12.2. The number of nitrogens with one attached hydrogen (secondary N) is 1. The molecule has 0 fully saturated rings. The maximum Gasteiger partial charge on any atom is 0.411 e. The standard InChI is InChI=1S/C12H20INO2/c1-12(2,3)16-11(15)14-10-8-6-4-5-7-9(10)13/h4-8H2,1-3H3,(H,14,15). The Balaban J connectivity index is 2.55. The summed E-state index contributed by atoms with van der Waals surface area (Å²) in [6.07, 6.45) is 5.31. The lowest BCUT2D eigenvalue weighted by Crippen LogP contribution is -2.32. The van der Waals surface area contributed by atoms with E-state index in [0.717, 1.165) is 25.0 Å². The summed E-state index contributed by atoms with van der Waals surface area (Å²) in [6.45, 7) is 5.62. The Morgan fingerprint density at radius 1 is 1.25 bits per heavy atom. The minimum absolute atomic E-state index is 0.335. The van der Waals surface area contributed by atoms with Crippen LogP contribution in [-0.4, -0.2) is 11.7 Å². The molecule has 0 saturated carbocycles. The van der Waals surface area contributed by atoms with Crippen molar-refractivity contribution in [1.82, 2.24) is 5.32 Å². The molecule has 0 spiro atoms. The SMILES string of the molecule is CC(C)(C)OC(=O)NC1=C(I)CCCCC1. The van der Waals surface area contributed by atoms with Gasteiger partial charge in [-0.3, -0.25) is 5.32 Å². The lowest BCUT2D eigenvalue weighted by Gasteiger charge is -2.20. The fraction of sp³-hybridized carbons (Fsp3) is 0.750. The summed E-state index contributed by atoms with van der Waals surface area (Å²) in [7, 11) is 0. The third-order valence-corrected chi connectivity index (χ3v) is 3.49. The first-order valence-electron chi connectivity index (χ1n) is 5.76. The van der Waals surface area contributed by atoms with Gasteiger partial charge in [-0.25, -0.2) is 4.79 Å². The van der Waals surface area contributed by atoms with Crippen molar-refractivity contribution in [2.45, 2.75) is 58.5 Å². The number of halogens is 1. The van der Waals surface area contributed by atoms with Gasteiger partial charge >= 0.3 is 6.09 Å². The zero-order valence-corrected chi connectivity index (χ0v) is 12.4. The second-order valence-corrected chi connectivity index (χ2v) is 6.37. The summed E-state index contributed by atoms with van der Waals surface area (Å²) in [4.78, 5) is 11.6. The number of carbonyl (C=O) groups excluding carboxylic acids is 1. The van der Waals surface area contributed by atoms with Crippen LogP contribution in [0.4, 0.5) is 4.79 Å². The predicted molar refractivity (Wildman–Crippen MR) is 73.5 cm³/mol. The van der Waals surface area contributed by atoms with Gasteiger partial charge in [0.15, 0.2) is 0 Å². The van der Waals surface area contributed by atoms with E-state index in [1.54, 1.807) is 0 Å². The van der Waals surface area contributed by atoms with Crippen LogP contribution in [0, 0.1) is 0 Å². The molecule has 0 aromatic heterocycles. The second kappa shape index (κ2) is 5.89. The fourth-order valence-electron chi connectivity index (χ4n) is 1.60. The molecule has 0 heterocycles. The fourth-order valence-corrected chi connectivity index (χ4v) is 2.39. The molecule has 0 unspecified atom stereocenters. The normalized spacial score (nSPS) is 18.0. The van der Waals surface area contributed by atoms with Crippen molar-refractivity contribution in [3.63, 3.8) is 0 Å². The summed E-state index contributed by atoms with van der Waals surface area (Å²) >= 11 is 2.32. The van der Waals surface area contributed by atoms with Crippen molar-refractivity contribution in [3.05, 3.63) is 9.28 Å². The van der Waals surface area contributed by atoms with Crippen molar-refractivity contribution < 1.29 is 9.53 Å². The largest absolute Gasteiger partial charge is 0.444 e. The molecule has 1 rings (SSSR count). The van der Waals surface area contributed by atoms with Crippen LogP contribution in [0.25, 0.3) is 0 Å². The first-order chi connectivity index (χ1) is 7.38. The number of ether oxygens (including phenoxy) is 1. The summed E-state index contributed by atoms with van der Waals surface area (Å²) in [6, 6.07) is 0. The molecule has 0 atom stereocenters. The number of alkyl carbamates (subject to hydrolysis) is 1. The highest BCUT2D eigenvalue weighted by Crippen LogP contribution is 2.26. The van der Waals surface area contributed by atoms with Crippen LogP contribution in [-0.2, 0) is 4.74 Å². The molecule has 1 N–H and O–H groups in total. The van der Waals surface area contributed by atoms with Gasteiger partial charge in [0, 0.05) is 9.28 Å². The van der Waals surface area contributed by atoms with Crippen LogP contribution in [0.1, 0.15) is 52.9 Å². The molecule has 3 nitrogen and oxygen atoms in total. The van der Waals surface area contributed by atoms with Gasteiger partial charge in [-0.1, -0.05) is 6.42 Å². The minimum Gasteiger partial charge on any atom is -0.444 e. The number of carbonyl (C=O) groups is 1. The van der Waals surface area contributed by atoms with Crippen LogP contribution < -0.4 is 5.32 Å². The Morgan fingerprint density at radius 2 is 1.88 bits per heavy atom. The van der Waals surface area contributed by atoms with E-state index in [9.17, 15) is 4.79 Å². The summed E-state index contributed by atoms with van der Waals surface area (Å²) in [5.74, 6) is 0. The van der Waals surface area contributed by atoms with Gasteiger partial charge in [-0.2, -0.15) is 0 Å². The molecule has 92 valence electrons. The predicted octanol–water partition coefficient (Wildman–Crippen LogP) is 4.12. The van der Waals surface area contributed by atoms with Gasteiger partial charge in [-0.05, 0) is 69.0 Å². The van der Waals surface area contributed by atoms with E-state index in [0.29, 0.717) is 0 Å². The summed E-state index contributed by atoms with van der Waals surface area (Å²) in [5, 5.41) is 2.88. The van der Waals surface area contributed by atoms with Crippen LogP contribution in [0.2, 0.25) is 0 Å². The first-order valence-corrected chi connectivity index (χ1v) is 6.84. The van der Waals surface area contributed by atoms with Crippen molar-refractivity contribution >= 4 is 28.7 Å². The number of hydrogen-bond donors (Lipinski definition) is 1. The highest BCUT2D eigenvalue weighted by atomic mass is 127. The van der Waals surface area contributed by atoms with Crippen molar-refractivity contribution in [1.29, 1.82) is 0 Å². The molecular formula is C12H20INO2. The molecule has 0 radical (unpaired) electrons. The van der Waals surface area contributed by atoms with Gasteiger partial charge in [0.05, 0.1) is 0 Å². The first kappa shape index (κ1) is 13.8. The van der Waals surface area contributed by atoms with Crippen LogP contribution >= 0.6 is 22.6 Å². The van der Waals surface area contributed by atoms with Gasteiger partial charge in [0.2, 0.25) is 0 Å². The molecule has 0 bridgehead atoms. The zero-order valence-electron chi connectivity index (χ0n) is 10.2. The van der Waals surface area contributed by atoms with E-state index in [1.165, 1.54) is 16.4 Å². The van der Waals surface area contributed by atoms with Gasteiger partial charge in [0.25, 0.3) is 0 Å². The van der Waals surface area contributed by atoms with Crippen LogP contribution in [0.15, 0.2) is 9.28 Å². The van der Waals surface area contributed by atoms with E-state index in [2.05, 4.69) is 27.9 Å². The van der Waals surface area contributed by atoms with Crippen molar-refractivity contribution in [2.24, 2.45) is 0 Å². The average Bonchev–Trinajstić information content (AvgIpc) is 2.29. The number of allylic oxidation sites excluding steroid dienone is 2. The lowest BCUT2D eigenvalue weighted by molar-refractivity contribution is 0.0544. The highest BCUT2D eigenvalue weighted by Gasteiger charge is 2.18. The molecule has 1 amide bonds. The molecule has 0 aromatic carbocycles. The molecule has 4 heteroatoms. The molecule has 0 aliphatic heterocycles. The molecule has 16 heavy (non-hydrogen) atoms. The Morgan fingerprint density at radius 3 is 2.50 bits per heavy atom. The number of hydrogen-bond acceptors (Lipinski definition) is 2. The van der Waals surface area contributed by atoms with Crippen LogP contribution in [0.5, 0.6) is 0 Å². The Labute approximate surface area is 111 Å². The summed E-state index contributed by atoms with van der Waals surface area (Å²) < 4.78 is 6.51. The van der Waals surface area contributed by atoms with E-state index < -0.39 is 5.60 Å². The van der Waals surface area contributed by atoms with Crippen molar-refractivity contribution in [3.8, 4) is 0 Å². The summed E-state index contributed by atoms with van der Waals surface area (Å²) in [5.41, 5.74) is 0.619. The molecular weight excluding hydrogens is 317 g/mol. The maximum absolute atomic E-state index is 11.6. The lowest BCUT2D eigenvalue weighted by atomic mass is 10.2. The van der Waals surface area contributed by atoms with Gasteiger partial charge < -0.3 is 4.74 Å². The van der Waals surface area contributed by atoms with Crippen molar-refractivity contribution in [2.75, 3.05) is 0 Å². The monoisotopic (exact) mass is 337 g/mol.